The fraction of sp³-hybridized carbons (Fsp3) is 0.900. The van der Waals surface area contributed by atoms with Crippen molar-refractivity contribution in [3.63, 3.8) is 0 Å². The number of ether oxygens (including phenoxy) is 2. The Morgan fingerprint density at radius 3 is 2.11 bits per heavy atom. The van der Waals surface area contributed by atoms with E-state index in [4.69, 9.17) is 13.9 Å². The first-order valence-corrected chi connectivity index (χ1v) is 13.0. The molecule has 0 heterocycles. The fourth-order valence-corrected chi connectivity index (χ4v) is 3.66. The largest absolute Gasteiger partial charge is 0.461 e. The third kappa shape index (κ3) is 8.64. The van der Waals surface area contributed by atoms with Gasteiger partial charge in [-0.25, -0.2) is 9.59 Å². The lowest BCUT2D eigenvalue weighted by Crippen LogP contribution is -2.47. The zero-order valence-electron chi connectivity index (χ0n) is 18.4. The van der Waals surface area contributed by atoms with Crippen molar-refractivity contribution < 1.29 is 23.5 Å². The summed E-state index contributed by atoms with van der Waals surface area (Å²) in [5.41, 5.74) is -0.623. The molecule has 1 atom stereocenters. The molecule has 1 amide bonds. The number of nitrogens with one attached hydrogen (secondary N) is 1. The molecule has 1 aliphatic rings. The van der Waals surface area contributed by atoms with Crippen molar-refractivity contribution in [1.82, 2.24) is 5.32 Å². The van der Waals surface area contributed by atoms with Crippen LogP contribution in [-0.4, -0.2) is 44.7 Å². The van der Waals surface area contributed by atoms with Crippen molar-refractivity contribution in [2.75, 3.05) is 6.61 Å². The molecule has 0 aliphatic heterocycles. The van der Waals surface area contributed by atoms with Crippen LogP contribution < -0.4 is 5.32 Å². The van der Waals surface area contributed by atoms with Crippen LogP contribution in [0, 0.1) is 0 Å². The van der Waals surface area contributed by atoms with Gasteiger partial charge in [0.25, 0.3) is 0 Å². The molecule has 0 saturated heterocycles. The first-order valence-electron chi connectivity index (χ1n) is 10.1. The van der Waals surface area contributed by atoms with E-state index < -0.39 is 32.0 Å². The molecule has 27 heavy (non-hydrogen) atoms. The number of alkyl carbamates (subject to hydrolysis) is 1. The second-order valence-corrected chi connectivity index (χ2v) is 14.7. The van der Waals surface area contributed by atoms with E-state index in [0.29, 0.717) is 13.0 Å². The van der Waals surface area contributed by atoms with E-state index in [1.807, 2.05) is 0 Å². The third-order valence-electron chi connectivity index (χ3n) is 5.24. The van der Waals surface area contributed by atoms with E-state index in [-0.39, 0.29) is 11.1 Å². The number of hydrogen-bond acceptors (Lipinski definition) is 5. The van der Waals surface area contributed by atoms with Crippen LogP contribution in [0.3, 0.4) is 0 Å². The summed E-state index contributed by atoms with van der Waals surface area (Å²) in [5, 5.41) is 2.76. The smallest absolute Gasteiger partial charge is 0.408 e. The molecule has 0 unspecified atom stereocenters. The number of carbonyl (C=O) groups is 2. The summed E-state index contributed by atoms with van der Waals surface area (Å²) in [6.07, 6.45) is 3.67. The van der Waals surface area contributed by atoms with E-state index in [9.17, 15) is 9.59 Å². The van der Waals surface area contributed by atoms with E-state index in [0.717, 1.165) is 25.7 Å². The number of esters is 1. The van der Waals surface area contributed by atoms with Gasteiger partial charge < -0.3 is 19.2 Å². The molecule has 0 aromatic heterocycles. The zero-order valence-corrected chi connectivity index (χ0v) is 19.4. The predicted octanol–water partition coefficient (Wildman–Crippen LogP) is 4.78. The molecule has 0 aromatic carbocycles. The molecular weight excluding hydrogens is 362 g/mol. The van der Waals surface area contributed by atoms with E-state index >= 15 is 0 Å². The third-order valence-corrected chi connectivity index (χ3v) is 9.77. The average Bonchev–Trinajstić information content (AvgIpc) is 2.95. The molecule has 158 valence electrons. The van der Waals surface area contributed by atoms with Crippen molar-refractivity contribution in [2.24, 2.45) is 0 Å². The molecule has 1 rings (SSSR count). The summed E-state index contributed by atoms with van der Waals surface area (Å²) in [5.74, 6) is -0.397. The summed E-state index contributed by atoms with van der Waals surface area (Å²) in [4.78, 5) is 24.8. The number of carbonyl (C=O) groups excluding carboxylic acids is 2. The van der Waals surface area contributed by atoms with Crippen molar-refractivity contribution in [3.8, 4) is 0 Å². The molecule has 0 aromatic rings. The summed E-state index contributed by atoms with van der Waals surface area (Å²) in [6.45, 7) is 16.6. The van der Waals surface area contributed by atoms with Crippen LogP contribution in [0.4, 0.5) is 4.79 Å². The highest BCUT2D eigenvalue weighted by atomic mass is 28.4. The highest BCUT2D eigenvalue weighted by molar-refractivity contribution is 6.74. The Morgan fingerprint density at radius 1 is 1.07 bits per heavy atom. The SMILES string of the molecule is CC(C)(C)OC(=O)N[C@H](CCO[Si](C)(C)C(C)(C)C)C(=O)OC1CCCC1. The van der Waals surface area contributed by atoms with Gasteiger partial charge in [-0.1, -0.05) is 20.8 Å². The first kappa shape index (κ1) is 24.0. The minimum absolute atomic E-state index is 0.0400. The molecule has 0 bridgehead atoms. The lowest BCUT2D eigenvalue weighted by Gasteiger charge is -2.36. The Labute approximate surface area is 165 Å². The zero-order chi connectivity index (χ0) is 20.9. The summed E-state index contributed by atoms with van der Waals surface area (Å²) >= 11 is 0. The summed E-state index contributed by atoms with van der Waals surface area (Å²) < 4.78 is 17.1. The molecule has 0 radical (unpaired) electrons. The van der Waals surface area contributed by atoms with E-state index in [2.05, 4.69) is 39.2 Å². The van der Waals surface area contributed by atoms with Crippen molar-refractivity contribution >= 4 is 20.4 Å². The Bertz CT molecular complexity index is 501. The van der Waals surface area contributed by atoms with Gasteiger partial charge in [0.05, 0.1) is 0 Å². The summed E-state index contributed by atoms with van der Waals surface area (Å²) in [6, 6.07) is -0.759. The maximum Gasteiger partial charge on any atom is 0.408 e. The molecule has 7 heteroatoms. The second kappa shape index (κ2) is 9.41. The van der Waals surface area contributed by atoms with Gasteiger partial charge in [-0.15, -0.1) is 0 Å². The standard InChI is InChI=1S/C20H39NO5Si/c1-19(2,3)26-18(23)21-16(17(22)25-15-11-9-10-12-15)13-14-24-27(7,8)20(4,5)6/h15-16H,9-14H2,1-8H3,(H,21,23)/t16-/m1/s1. The lowest BCUT2D eigenvalue weighted by molar-refractivity contribution is -0.151. The number of hydrogen-bond donors (Lipinski definition) is 1. The Morgan fingerprint density at radius 2 is 1.63 bits per heavy atom. The van der Waals surface area contributed by atoms with Gasteiger partial charge >= 0.3 is 12.1 Å². The summed E-state index contributed by atoms with van der Waals surface area (Å²) in [7, 11) is -1.92. The lowest BCUT2D eigenvalue weighted by atomic mass is 10.2. The van der Waals surface area contributed by atoms with Crippen LogP contribution in [0.5, 0.6) is 0 Å². The normalized spacial score (nSPS) is 17.5. The van der Waals surface area contributed by atoms with Crippen LogP contribution in [0.2, 0.25) is 18.1 Å². The van der Waals surface area contributed by atoms with Gasteiger partial charge in [0.15, 0.2) is 8.32 Å². The monoisotopic (exact) mass is 401 g/mol. The number of amides is 1. The molecule has 1 saturated carbocycles. The van der Waals surface area contributed by atoms with Gasteiger partial charge in [-0.05, 0) is 64.6 Å². The number of rotatable bonds is 7. The highest BCUT2D eigenvalue weighted by Crippen LogP contribution is 2.36. The molecular formula is C20H39NO5Si. The topological polar surface area (TPSA) is 73.9 Å². The Kier molecular flexibility index (Phi) is 8.35. The van der Waals surface area contributed by atoms with E-state index in [1.165, 1.54) is 0 Å². The van der Waals surface area contributed by atoms with Gasteiger partial charge in [0, 0.05) is 13.0 Å². The minimum atomic E-state index is -1.92. The minimum Gasteiger partial charge on any atom is -0.461 e. The highest BCUT2D eigenvalue weighted by Gasteiger charge is 2.37. The Balaban J connectivity index is 2.68. The van der Waals surface area contributed by atoms with Crippen LogP contribution in [-0.2, 0) is 18.7 Å². The molecule has 1 fully saturated rings. The molecule has 0 spiro atoms. The first-order chi connectivity index (χ1) is 12.2. The van der Waals surface area contributed by atoms with E-state index in [1.54, 1.807) is 20.8 Å². The maximum atomic E-state index is 12.6. The van der Waals surface area contributed by atoms with Crippen LogP contribution in [0.1, 0.15) is 73.6 Å². The fourth-order valence-electron chi connectivity index (χ4n) is 2.60. The van der Waals surface area contributed by atoms with Gasteiger partial charge in [0.1, 0.15) is 17.7 Å². The molecule has 1 aliphatic carbocycles. The van der Waals surface area contributed by atoms with Gasteiger partial charge in [-0.2, -0.15) is 0 Å². The van der Waals surface area contributed by atoms with Gasteiger partial charge in [-0.3, -0.25) is 0 Å². The predicted molar refractivity (Wildman–Crippen MR) is 109 cm³/mol. The quantitative estimate of drug-likeness (QED) is 0.491. The average molecular weight is 402 g/mol. The Hall–Kier alpha value is -1.08. The van der Waals surface area contributed by atoms with Crippen LogP contribution in [0.25, 0.3) is 0 Å². The molecule has 1 N–H and O–H groups in total. The maximum absolute atomic E-state index is 12.6. The second-order valence-electron chi connectivity index (χ2n) is 9.94. The molecule has 6 nitrogen and oxygen atoms in total. The van der Waals surface area contributed by atoms with Crippen LogP contribution >= 0.6 is 0 Å². The van der Waals surface area contributed by atoms with Crippen molar-refractivity contribution in [2.45, 2.75) is 110 Å². The van der Waals surface area contributed by atoms with Crippen LogP contribution in [0.15, 0.2) is 0 Å². The van der Waals surface area contributed by atoms with Crippen molar-refractivity contribution in [1.29, 1.82) is 0 Å². The van der Waals surface area contributed by atoms with Gasteiger partial charge in [0.2, 0.25) is 0 Å². The van der Waals surface area contributed by atoms with Crippen molar-refractivity contribution in [3.05, 3.63) is 0 Å².